The Bertz CT molecular complexity index is 1910. The van der Waals surface area contributed by atoms with Gasteiger partial charge in [-0.25, -0.2) is 15.0 Å². The van der Waals surface area contributed by atoms with E-state index < -0.39 is 30.2 Å². The van der Waals surface area contributed by atoms with Gasteiger partial charge in [0.1, 0.15) is 42.5 Å². The maximum Gasteiger partial charge on any atom is 0.308 e. The number of aliphatic hydroxyl groups is 1. The van der Waals surface area contributed by atoms with Crippen LogP contribution in [-0.4, -0.2) is 102 Å². The predicted octanol–water partition coefficient (Wildman–Crippen LogP) is 6.96. The molecule has 0 aliphatic carbocycles. The molecule has 0 spiro atoms. The van der Waals surface area contributed by atoms with Gasteiger partial charge in [0.05, 0.1) is 30.7 Å². The van der Waals surface area contributed by atoms with Crippen molar-refractivity contribution in [1.29, 1.82) is 0 Å². The zero-order valence-electron chi connectivity index (χ0n) is 35.9. The summed E-state index contributed by atoms with van der Waals surface area (Å²) in [5.41, 5.74) is 1.07. The molecule has 0 saturated carbocycles. The number of nitrogens with zero attached hydrogens (tertiary/aromatic N) is 4. The summed E-state index contributed by atoms with van der Waals surface area (Å²) in [5, 5.41) is 10.8. The van der Waals surface area contributed by atoms with Gasteiger partial charge in [0.2, 0.25) is 24.1 Å². The van der Waals surface area contributed by atoms with Crippen molar-refractivity contribution in [2.45, 2.75) is 110 Å². The van der Waals surface area contributed by atoms with Gasteiger partial charge < -0.3 is 42.2 Å². The van der Waals surface area contributed by atoms with Crippen molar-refractivity contribution in [2.24, 2.45) is 23.7 Å². The third-order valence-electron chi connectivity index (χ3n) is 11.0. The van der Waals surface area contributed by atoms with E-state index in [0.717, 1.165) is 0 Å². The second-order valence-corrected chi connectivity index (χ2v) is 15.5. The maximum atomic E-state index is 13.3. The van der Waals surface area contributed by atoms with E-state index in [1.165, 1.54) is 43.0 Å². The molecule has 16 nitrogen and oxygen atoms in total. The number of cyclic esters (lactones) is 1. The zero-order valence-corrected chi connectivity index (χ0v) is 35.9. The minimum absolute atomic E-state index is 0.0431. The maximum absolute atomic E-state index is 13.3. The van der Waals surface area contributed by atoms with Crippen LogP contribution in [0.25, 0.3) is 29.2 Å². The number of rotatable bonds is 15. The second-order valence-electron chi connectivity index (χ2n) is 15.5. The van der Waals surface area contributed by atoms with Gasteiger partial charge >= 0.3 is 5.97 Å². The van der Waals surface area contributed by atoms with Crippen LogP contribution in [0.5, 0.6) is 0 Å². The van der Waals surface area contributed by atoms with E-state index in [1.54, 1.807) is 46.5 Å². The van der Waals surface area contributed by atoms with Crippen LogP contribution in [0.3, 0.4) is 0 Å². The monoisotopic (exact) mass is 836 g/mol. The summed E-state index contributed by atoms with van der Waals surface area (Å²) in [7, 11) is 6.27. The van der Waals surface area contributed by atoms with Crippen LogP contribution in [0.2, 0.25) is 0 Å². The van der Waals surface area contributed by atoms with Crippen molar-refractivity contribution in [3.8, 4) is 23.2 Å². The zero-order chi connectivity index (χ0) is 43.8. The number of carbonyl (C=O) groups excluding carboxylic acids is 4. The smallest absolute Gasteiger partial charge is 0.308 e. The number of carbonyl (C=O) groups is 4. The molecule has 0 radical (unpaired) electrons. The molecular weight excluding hydrogens is 776 g/mol. The Morgan fingerprint density at radius 2 is 1.67 bits per heavy atom. The van der Waals surface area contributed by atoms with Crippen molar-refractivity contribution in [3.63, 3.8) is 0 Å². The first kappa shape index (κ1) is 47.6. The SMILES string of the molecule is CO[C@@H](C[C@H]1OC(=O)C[C@H](O)CC=CC(=O)[C@H](C)[C@@H](OC)c2coc(n2)-c2coc(n2)-c2coc(n2)C=CCC[C@H]1C)[C@@H](C)CCC(=O)[C@H](C)[C@@H](CC=CN(C)C=O)OC. The molecule has 0 saturated heterocycles. The number of ether oxygens (including phenoxy) is 4. The van der Waals surface area contributed by atoms with E-state index in [2.05, 4.69) is 15.0 Å². The molecule has 4 heterocycles. The number of amides is 1. The number of aromatic nitrogens is 3. The van der Waals surface area contributed by atoms with Crippen molar-refractivity contribution in [3.05, 3.63) is 60.9 Å². The third-order valence-corrected chi connectivity index (χ3v) is 11.0. The Morgan fingerprint density at radius 3 is 2.38 bits per heavy atom. The average molecular weight is 837 g/mol. The Labute approximate surface area is 351 Å². The highest BCUT2D eigenvalue weighted by molar-refractivity contribution is 5.92. The van der Waals surface area contributed by atoms with Crippen LogP contribution in [-0.2, 0) is 38.1 Å². The molecule has 4 rings (SSSR count). The number of hydrogen-bond acceptors (Lipinski definition) is 15. The van der Waals surface area contributed by atoms with Gasteiger partial charge in [0, 0.05) is 53.3 Å². The molecule has 1 amide bonds. The molecule has 6 bridgehead atoms. The topological polar surface area (TPSA) is 207 Å². The largest absolute Gasteiger partial charge is 0.462 e. The van der Waals surface area contributed by atoms with E-state index in [1.807, 2.05) is 26.8 Å². The first-order chi connectivity index (χ1) is 28.8. The lowest BCUT2D eigenvalue weighted by Gasteiger charge is -2.31. The van der Waals surface area contributed by atoms with Gasteiger partial charge in [-0.2, -0.15) is 0 Å². The number of oxazole rings is 3. The minimum atomic E-state index is -1.10. The van der Waals surface area contributed by atoms with Gasteiger partial charge in [-0.15, -0.1) is 0 Å². The normalized spacial score (nSPS) is 23.0. The number of fused-ring (bicyclic) bond motifs is 8. The fraction of sp³-hybridized carbons (Fsp3) is 0.568. The van der Waals surface area contributed by atoms with Crippen LogP contribution in [0.1, 0.15) is 96.8 Å². The molecule has 1 aliphatic rings. The number of esters is 1. The molecule has 328 valence electrons. The molecule has 0 fully saturated rings. The molecule has 60 heavy (non-hydrogen) atoms. The van der Waals surface area contributed by atoms with E-state index in [9.17, 15) is 24.3 Å². The number of allylic oxidation sites excluding steroid dienone is 2. The first-order valence-corrected chi connectivity index (χ1v) is 20.3. The Morgan fingerprint density at radius 1 is 0.967 bits per heavy atom. The Kier molecular flexibility index (Phi) is 18.8. The molecule has 0 unspecified atom stereocenters. The Hall–Kier alpha value is -5.03. The number of methoxy groups -OCH3 is 3. The van der Waals surface area contributed by atoms with Crippen molar-refractivity contribution < 1.29 is 56.5 Å². The summed E-state index contributed by atoms with van der Waals surface area (Å²) >= 11 is 0. The van der Waals surface area contributed by atoms with Crippen LogP contribution < -0.4 is 0 Å². The van der Waals surface area contributed by atoms with Gasteiger partial charge in [0.25, 0.3) is 0 Å². The molecule has 9 atom stereocenters. The summed E-state index contributed by atoms with van der Waals surface area (Å²) in [5.74, 6) is -1.32. The average Bonchev–Trinajstić information content (AvgIpc) is 4.03. The van der Waals surface area contributed by atoms with Crippen molar-refractivity contribution in [1.82, 2.24) is 19.9 Å². The highest BCUT2D eigenvalue weighted by Gasteiger charge is 2.31. The second kappa shape index (κ2) is 23.7. The van der Waals surface area contributed by atoms with E-state index >= 15 is 0 Å². The summed E-state index contributed by atoms with van der Waals surface area (Å²) in [6.07, 6.45) is 14.5. The Balaban J connectivity index is 1.48. The highest BCUT2D eigenvalue weighted by Crippen LogP contribution is 2.31. The fourth-order valence-corrected chi connectivity index (χ4v) is 7.01. The third kappa shape index (κ3) is 13.8. The predicted molar refractivity (Wildman–Crippen MR) is 219 cm³/mol. The van der Waals surface area contributed by atoms with E-state index in [-0.39, 0.29) is 66.2 Å². The van der Waals surface area contributed by atoms with Crippen molar-refractivity contribution in [2.75, 3.05) is 28.4 Å². The van der Waals surface area contributed by atoms with Crippen LogP contribution in [0.15, 0.2) is 62.5 Å². The molecular formula is C44H60N4O12. The number of Topliss-reactive ketones (excluding diaryl/α,β-unsaturated/α-hetero) is 1. The van der Waals surface area contributed by atoms with Gasteiger partial charge in [-0.1, -0.05) is 45.9 Å². The lowest BCUT2D eigenvalue weighted by molar-refractivity contribution is -0.156. The molecule has 0 aromatic carbocycles. The molecule has 1 aliphatic heterocycles. The summed E-state index contributed by atoms with van der Waals surface area (Å²) in [4.78, 5) is 65.5. The molecule has 3 aromatic rings. The van der Waals surface area contributed by atoms with E-state index in [0.29, 0.717) is 67.9 Å². The lowest BCUT2D eigenvalue weighted by atomic mass is 9.86. The lowest BCUT2D eigenvalue weighted by Crippen LogP contribution is -2.34. The number of aliphatic hydroxyl groups excluding tert-OH is 1. The fourth-order valence-electron chi connectivity index (χ4n) is 7.01. The van der Waals surface area contributed by atoms with Gasteiger partial charge in [-0.3, -0.25) is 19.2 Å². The minimum Gasteiger partial charge on any atom is -0.462 e. The number of ketones is 2. The van der Waals surface area contributed by atoms with Gasteiger partial charge in [0.15, 0.2) is 17.2 Å². The molecule has 1 N–H and O–H groups in total. The summed E-state index contributed by atoms with van der Waals surface area (Å²) < 4.78 is 40.2. The molecule has 3 aromatic heterocycles. The standard InChI is InChI=1S/C44H60N4O12/c1-27-13-9-10-17-40-45-33(24-57-40)43-47-34(25-59-43)44-46-32(23-58-44)42(56-8)30(4)35(51)15-11-14-31(50)21-41(53)60-39(27)22-38(55-7)28(2)18-19-36(52)29(3)37(54-6)16-12-20-48(5)26-49/h10-12,15,17,20,23-31,37-39,42,50H,9,13-14,16,18-19,21-22H2,1-8H3/t27-,28+,29+,30+,31-,37-,38+,39-,42-/m1/s1. The van der Waals surface area contributed by atoms with Gasteiger partial charge in [-0.05, 0) is 56.1 Å². The van der Waals surface area contributed by atoms with Crippen LogP contribution in [0.4, 0.5) is 0 Å². The highest BCUT2D eigenvalue weighted by atomic mass is 16.5. The molecule has 16 heteroatoms. The van der Waals surface area contributed by atoms with Crippen molar-refractivity contribution >= 4 is 30.0 Å². The quantitative estimate of drug-likeness (QED) is 0.121. The summed E-state index contributed by atoms with van der Waals surface area (Å²) in [6.45, 7) is 7.54. The number of hydrogen-bond donors (Lipinski definition) is 1. The van der Waals surface area contributed by atoms with E-state index in [4.69, 9.17) is 32.2 Å². The first-order valence-electron chi connectivity index (χ1n) is 20.3. The summed E-state index contributed by atoms with van der Waals surface area (Å²) in [6, 6.07) is 0. The van der Waals surface area contributed by atoms with Crippen LogP contribution >= 0.6 is 0 Å². The van der Waals surface area contributed by atoms with Crippen LogP contribution in [0, 0.1) is 23.7 Å².